The maximum Gasteiger partial charge on any atom is 0.409 e. The normalized spacial score (nSPS) is 14.5. The number of hydrogen-bond donors (Lipinski definition) is 5. The van der Waals surface area contributed by atoms with E-state index < -0.39 is 23.3 Å². The van der Waals surface area contributed by atoms with Crippen molar-refractivity contribution >= 4 is 23.7 Å². The van der Waals surface area contributed by atoms with Crippen molar-refractivity contribution < 1.29 is 33.8 Å². The van der Waals surface area contributed by atoms with Crippen LogP contribution in [0.3, 0.4) is 0 Å². The van der Waals surface area contributed by atoms with Gasteiger partial charge in [-0.25, -0.2) is 4.79 Å². The van der Waals surface area contributed by atoms with Crippen LogP contribution in [0, 0.1) is 0 Å². The number of alkyl carbamates (subject to hydrolysis) is 1. The summed E-state index contributed by atoms with van der Waals surface area (Å²) < 4.78 is 17.6. The molecule has 1 aliphatic rings. The van der Waals surface area contributed by atoms with Gasteiger partial charge in [-0.15, -0.1) is 0 Å². The molecule has 0 aliphatic heterocycles. The van der Waals surface area contributed by atoms with Crippen LogP contribution in [-0.2, 0) is 4.74 Å². The van der Waals surface area contributed by atoms with Gasteiger partial charge >= 0.3 is 6.09 Å². The van der Waals surface area contributed by atoms with E-state index in [2.05, 4.69) is 21.1 Å². The molecule has 0 aromatic heterocycles. The van der Waals surface area contributed by atoms with Crippen molar-refractivity contribution in [3.8, 4) is 23.0 Å². The quantitative estimate of drug-likeness (QED) is 0.0674. The molecule has 1 saturated carbocycles. The highest BCUT2D eigenvalue weighted by Crippen LogP contribution is 2.32. The lowest BCUT2D eigenvalue weighted by molar-refractivity contribution is 0.0382. The molecular formula is C33H39N5O7. The highest BCUT2D eigenvalue weighted by atomic mass is 16.6. The number of rotatable bonds is 9. The number of amidine groups is 1. The summed E-state index contributed by atoms with van der Waals surface area (Å²) in [5.41, 5.74) is 5.17. The number of oxime groups is 1. The molecule has 12 heteroatoms. The number of nitrogens with two attached hydrogens (primary N) is 1. The van der Waals surface area contributed by atoms with Crippen LogP contribution in [0.5, 0.6) is 23.0 Å². The molecule has 0 radical (unpaired) electrons. The Labute approximate surface area is 261 Å². The van der Waals surface area contributed by atoms with E-state index in [0.717, 1.165) is 19.3 Å². The summed E-state index contributed by atoms with van der Waals surface area (Å²) in [7, 11) is 1.55. The van der Waals surface area contributed by atoms with E-state index in [9.17, 15) is 14.4 Å². The fourth-order valence-electron chi connectivity index (χ4n) is 4.89. The van der Waals surface area contributed by atoms with Crippen molar-refractivity contribution in [3.63, 3.8) is 0 Å². The van der Waals surface area contributed by atoms with Crippen LogP contribution >= 0.6 is 0 Å². The number of nitrogens with one attached hydrogen (secondary N) is 3. The molecule has 4 rings (SSSR count). The molecule has 1 fully saturated rings. The third-order valence-electron chi connectivity index (χ3n) is 7.02. The molecule has 0 spiro atoms. The average molecular weight is 618 g/mol. The van der Waals surface area contributed by atoms with Gasteiger partial charge in [-0.1, -0.05) is 11.6 Å². The Bertz CT molecular complexity index is 1540. The highest BCUT2D eigenvalue weighted by Gasteiger charge is 2.37. The SMILES string of the molecule is CNC(=O)c1ccc(Oc2cc(Oc3ccc(C(N)=NO)cc3)cc(C(=O)NC3(NC(=O)OC(C)(C)C)CCCCC3)c2)cc1. The molecule has 6 N–H and O–H groups in total. The number of hydrogen-bond acceptors (Lipinski definition) is 8. The third-order valence-corrected chi connectivity index (χ3v) is 7.02. The van der Waals surface area contributed by atoms with Gasteiger partial charge in [0, 0.05) is 29.8 Å². The minimum absolute atomic E-state index is 0.0463. The van der Waals surface area contributed by atoms with E-state index in [4.69, 9.17) is 25.2 Å². The summed E-state index contributed by atoms with van der Waals surface area (Å²) in [6.45, 7) is 5.33. The van der Waals surface area contributed by atoms with Crippen LogP contribution in [0.4, 0.5) is 4.79 Å². The molecule has 3 amide bonds. The third kappa shape index (κ3) is 9.12. The number of nitrogens with zero attached hydrogens (tertiary/aromatic N) is 1. The molecule has 3 aromatic rings. The molecule has 1 aliphatic carbocycles. The Morgan fingerprint density at radius 2 is 1.29 bits per heavy atom. The number of ether oxygens (including phenoxy) is 3. The zero-order valence-corrected chi connectivity index (χ0v) is 25.8. The Morgan fingerprint density at radius 3 is 1.78 bits per heavy atom. The summed E-state index contributed by atoms with van der Waals surface area (Å²) >= 11 is 0. The fraction of sp³-hybridized carbons (Fsp3) is 0.333. The molecule has 0 heterocycles. The van der Waals surface area contributed by atoms with Gasteiger partial charge in [-0.3, -0.25) is 14.9 Å². The Hall–Kier alpha value is -5.26. The van der Waals surface area contributed by atoms with Crippen LogP contribution in [0.2, 0.25) is 0 Å². The first kappa shape index (κ1) is 32.6. The van der Waals surface area contributed by atoms with E-state index in [1.54, 1.807) is 94.5 Å². The fourth-order valence-corrected chi connectivity index (χ4v) is 4.89. The van der Waals surface area contributed by atoms with Gasteiger partial charge in [0.2, 0.25) is 0 Å². The van der Waals surface area contributed by atoms with Crippen molar-refractivity contribution in [1.29, 1.82) is 0 Å². The second kappa shape index (κ2) is 14.0. The first-order chi connectivity index (χ1) is 21.4. The summed E-state index contributed by atoms with van der Waals surface area (Å²) in [5, 5.41) is 20.5. The van der Waals surface area contributed by atoms with Crippen LogP contribution in [0.15, 0.2) is 71.9 Å². The maximum absolute atomic E-state index is 13.8. The predicted octanol–water partition coefficient (Wildman–Crippen LogP) is 5.64. The minimum atomic E-state index is -0.991. The van der Waals surface area contributed by atoms with Crippen molar-refractivity contribution in [3.05, 3.63) is 83.4 Å². The van der Waals surface area contributed by atoms with Gasteiger partial charge in [-0.05, 0) is 107 Å². The van der Waals surface area contributed by atoms with Crippen molar-refractivity contribution in [1.82, 2.24) is 16.0 Å². The first-order valence-corrected chi connectivity index (χ1v) is 14.6. The van der Waals surface area contributed by atoms with E-state index in [-0.39, 0.29) is 17.3 Å². The predicted molar refractivity (Wildman–Crippen MR) is 168 cm³/mol. The number of amides is 3. The zero-order valence-electron chi connectivity index (χ0n) is 25.8. The Kier molecular flexibility index (Phi) is 10.2. The lowest BCUT2D eigenvalue weighted by atomic mass is 9.88. The summed E-state index contributed by atoms with van der Waals surface area (Å²) in [4.78, 5) is 38.5. The maximum atomic E-state index is 13.8. The summed E-state index contributed by atoms with van der Waals surface area (Å²) in [5.74, 6) is 0.745. The largest absolute Gasteiger partial charge is 0.457 e. The van der Waals surface area contributed by atoms with E-state index >= 15 is 0 Å². The van der Waals surface area contributed by atoms with Crippen LogP contribution in [0.25, 0.3) is 0 Å². The van der Waals surface area contributed by atoms with Crippen molar-refractivity contribution in [2.45, 2.75) is 64.1 Å². The Morgan fingerprint density at radius 1 is 0.756 bits per heavy atom. The standard InChI is InChI=1S/C33H39N5O7/c1-32(2,3)45-31(41)37-33(16-6-5-7-17-33)36-30(40)23-18-26(43-24-12-8-21(9-13-24)28(34)38-42)20-27(19-23)44-25-14-10-22(11-15-25)29(39)35-4/h8-15,18-20,42H,5-7,16-17H2,1-4H3,(H2,34,38)(H,35,39)(H,36,40)(H,37,41). The molecule has 238 valence electrons. The van der Waals surface area contributed by atoms with Gasteiger partial charge < -0.3 is 35.8 Å². The number of carbonyl (C=O) groups excluding carboxylic acids is 3. The van der Waals surface area contributed by atoms with Crippen LogP contribution in [-0.4, -0.2) is 47.3 Å². The smallest absolute Gasteiger partial charge is 0.409 e. The molecule has 45 heavy (non-hydrogen) atoms. The van der Waals surface area contributed by atoms with Gasteiger partial charge in [-0.2, -0.15) is 0 Å². The van der Waals surface area contributed by atoms with Gasteiger partial charge in [0.05, 0.1) is 0 Å². The minimum Gasteiger partial charge on any atom is -0.457 e. The molecule has 0 unspecified atom stereocenters. The van der Waals surface area contributed by atoms with Crippen LogP contribution in [0.1, 0.15) is 79.2 Å². The average Bonchev–Trinajstić information content (AvgIpc) is 3.00. The molecule has 0 bridgehead atoms. The summed E-state index contributed by atoms with van der Waals surface area (Å²) in [6.07, 6.45) is 3.11. The number of carbonyl (C=O) groups is 3. The zero-order chi connectivity index (χ0) is 32.6. The molecular weight excluding hydrogens is 578 g/mol. The van der Waals surface area contributed by atoms with E-state index in [1.807, 2.05) is 0 Å². The highest BCUT2D eigenvalue weighted by molar-refractivity contribution is 5.97. The van der Waals surface area contributed by atoms with Crippen LogP contribution < -0.4 is 31.2 Å². The number of benzene rings is 3. The molecule has 12 nitrogen and oxygen atoms in total. The second-order valence-corrected chi connectivity index (χ2v) is 11.7. The Balaban J connectivity index is 1.63. The van der Waals surface area contributed by atoms with E-state index in [0.29, 0.717) is 47.0 Å². The molecule has 3 aromatic carbocycles. The molecule has 0 saturated heterocycles. The summed E-state index contributed by atoms with van der Waals surface area (Å²) in [6, 6.07) is 17.8. The topological polar surface area (TPSA) is 174 Å². The van der Waals surface area contributed by atoms with Crippen molar-refractivity contribution in [2.75, 3.05) is 7.05 Å². The van der Waals surface area contributed by atoms with E-state index in [1.165, 1.54) is 0 Å². The lowest BCUT2D eigenvalue weighted by Gasteiger charge is -2.39. The lowest BCUT2D eigenvalue weighted by Crippen LogP contribution is -2.62. The first-order valence-electron chi connectivity index (χ1n) is 14.6. The molecule has 0 atom stereocenters. The van der Waals surface area contributed by atoms with Crippen molar-refractivity contribution in [2.24, 2.45) is 10.9 Å². The van der Waals surface area contributed by atoms with Gasteiger partial charge in [0.15, 0.2) is 5.84 Å². The monoisotopic (exact) mass is 617 g/mol. The van der Waals surface area contributed by atoms with Gasteiger partial charge in [0.25, 0.3) is 11.8 Å². The van der Waals surface area contributed by atoms with Gasteiger partial charge in [0.1, 0.15) is 34.3 Å². The second-order valence-electron chi connectivity index (χ2n) is 11.7.